The van der Waals surface area contributed by atoms with E-state index in [0.29, 0.717) is 24.3 Å². The van der Waals surface area contributed by atoms with E-state index in [-0.39, 0.29) is 11.7 Å². The van der Waals surface area contributed by atoms with Crippen LogP contribution in [0.25, 0.3) is 0 Å². The van der Waals surface area contributed by atoms with Crippen LogP contribution in [0.1, 0.15) is 25.8 Å². The van der Waals surface area contributed by atoms with Gasteiger partial charge in [-0.1, -0.05) is 13.8 Å². The van der Waals surface area contributed by atoms with E-state index in [2.05, 4.69) is 5.32 Å². The topological polar surface area (TPSA) is 107 Å². The first-order valence-corrected chi connectivity index (χ1v) is 6.74. The molecule has 1 atom stereocenters. The number of primary amides is 1. The van der Waals surface area contributed by atoms with Crippen LogP contribution < -0.4 is 15.8 Å². The third kappa shape index (κ3) is 5.39. The number of nitrogens with two attached hydrogens (primary N) is 1. The second-order valence-electron chi connectivity index (χ2n) is 5.12. The van der Waals surface area contributed by atoms with E-state index in [1.54, 1.807) is 13.0 Å². The lowest BCUT2D eigenvalue weighted by Gasteiger charge is -2.18. The van der Waals surface area contributed by atoms with Gasteiger partial charge in [0.25, 0.3) is 5.69 Å². The number of nitro benzene ring substituents is 1. The molecule has 0 heterocycles. The average molecular weight is 295 g/mol. The zero-order valence-electron chi connectivity index (χ0n) is 12.5. The van der Waals surface area contributed by atoms with Gasteiger partial charge >= 0.3 is 0 Å². The molecule has 0 aliphatic carbocycles. The number of rotatable bonds is 8. The van der Waals surface area contributed by atoms with E-state index >= 15 is 0 Å². The number of nitrogens with one attached hydrogen (secondary N) is 1. The number of non-ortho nitro benzene ring substituents is 1. The Kier molecular flexibility index (Phi) is 6.10. The highest BCUT2D eigenvalue weighted by Crippen LogP contribution is 2.23. The van der Waals surface area contributed by atoms with Crippen molar-refractivity contribution < 1.29 is 14.5 Å². The largest absolute Gasteiger partial charge is 0.493 e. The van der Waals surface area contributed by atoms with Crippen LogP contribution in [0.4, 0.5) is 5.69 Å². The Labute approximate surface area is 123 Å². The molecule has 1 aromatic rings. The van der Waals surface area contributed by atoms with Gasteiger partial charge in [-0.3, -0.25) is 14.9 Å². The van der Waals surface area contributed by atoms with Crippen LogP contribution in [0.2, 0.25) is 0 Å². The first-order valence-electron chi connectivity index (χ1n) is 6.74. The summed E-state index contributed by atoms with van der Waals surface area (Å²) in [5, 5.41) is 13.7. The van der Waals surface area contributed by atoms with Crippen molar-refractivity contribution in [2.75, 3.05) is 6.61 Å². The number of ether oxygens (including phenoxy) is 1. The lowest BCUT2D eigenvalue weighted by molar-refractivity contribution is -0.384. The molecule has 0 saturated carbocycles. The molecule has 3 N–H and O–H groups in total. The fraction of sp³-hybridized carbons (Fsp3) is 0.500. The predicted octanol–water partition coefficient (Wildman–Crippen LogP) is 1.52. The number of nitrogens with zero attached hydrogens (tertiary/aromatic N) is 1. The van der Waals surface area contributed by atoms with Crippen molar-refractivity contribution in [1.82, 2.24) is 5.32 Å². The molecule has 0 radical (unpaired) electrons. The van der Waals surface area contributed by atoms with E-state index in [0.717, 1.165) is 0 Å². The number of hydrogen-bond donors (Lipinski definition) is 2. The Morgan fingerprint density at radius 1 is 1.48 bits per heavy atom. The summed E-state index contributed by atoms with van der Waals surface area (Å²) in [4.78, 5) is 21.5. The third-order valence-corrected chi connectivity index (χ3v) is 2.91. The van der Waals surface area contributed by atoms with Crippen LogP contribution >= 0.6 is 0 Å². The van der Waals surface area contributed by atoms with Gasteiger partial charge in [0.05, 0.1) is 17.6 Å². The van der Waals surface area contributed by atoms with E-state index in [9.17, 15) is 14.9 Å². The van der Waals surface area contributed by atoms with Gasteiger partial charge < -0.3 is 15.8 Å². The Balaban J connectivity index is 2.58. The molecule has 1 rings (SSSR count). The van der Waals surface area contributed by atoms with Crippen molar-refractivity contribution >= 4 is 11.6 Å². The molecule has 0 fully saturated rings. The molecule has 7 nitrogen and oxygen atoms in total. The molecule has 7 heteroatoms. The summed E-state index contributed by atoms with van der Waals surface area (Å²) in [7, 11) is 0. The molecule has 0 spiro atoms. The van der Waals surface area contributed by atoms with E-state index in [1.807, 2.05) is 13.8 Å². The lowest BCUT2D eigenvalue weighted by atomic mass is 10.1. The summed E-state index contributed by atoms with van der Waals surface area (Å²) < 4.78 is 5.56. The van der Waals surface area contributed by atoms with Crippen molar-refractivity contribution in [1.29, 1.82) is 0 Å². The molecular formula is C14H21N3O4. The number of amides is 1. The van der Waals surface area contributed by atoms with Crippen molar-refractivity contribution in [2.45, 2.75) is 39.3 Å². The smallest absolute Gasteiger partial charge is 0.269 e. The minimum absolute atomic E-state index is 0.0244. The van der Waals surface area contributed by atoms with Crippen molar-refractivity contribution in [3.63, 3.8) is 0 Å². The van der Waals surface area contributed by atoms with Gasteiger partial charge in [0, 0.05) is 24.6 Å². The van der Waals surface area contributed by atoms with Crippen molar-refractivity contribution in [3.8, 4) is 5.75 Å². The SMILES string of the molecule is Cc1cc([N+](=O)[O-])ccc1OCCC(NC(C)C)C(N)=O. The minimum atomic E-state index is -0.455. The predicted molar refractivity (Wildman–Crippen MR) is 79.2 cm³/mol. The molecule has 0 bridgehead atoms. The summed E-state index contributed by atoms with van der Waals surface area (Å²) in [5.74, 6) is 0.140. The number of benzene rings is 1. The van der Waals surface area contributed by atoms with Gasteiger partial charge in [0.2, 0.25) is 5.91 Å². The summed E-state index contributed by atoms with van der Waals surface area (Å²) in [6.45, 7) is 5.89. The highest BCUT2D eigenvalue weighted by molar-refractivity contribution is 5.79. The number of hydrogen-bond acceptors (Lipinski definition) is 5. The Bertz CT molecular complexity index is 517. The maximum absolute atomic E-state index is 11.3. The highest BCUT2D eigenvalue weighted by Gasteiger charge is 2.16. The number of aryl methyl sites for hydroxylation is 1. The molecule has 116 valence electrons. The minimum Gasteiger partial charge on any atom is -0.493 e. The monoisotopic (exact) mass is 295 g/mol. The molecule has 0 aliphatic heterocycles. The number of carbonyl (C=O) groups is 1. The Morgan fingerprint density at radius 3 is 2.62 bits per heavy atom. The standard InChI is InChI=1S/C14H21N3O4/c1-9(2)16-12(14(15)18)6-7-21-13-5-4-11(17(19)20)8-10(13)3/h4-5,8-9,12,16H,6-7H2,1-3H3,(H2,15,18). The Morgan fingerprint density at radius 2 is 2.14 bits per heavy atom. The van der Waals surface area contributed by atoms with Gasteiger partial charge in [-0.2, -0.15) is 0 Å². The molecule has 21 heavy (non-hydrogen) atoms. The summed E-state index contributed by atoms with van der Waals surface area (Å²) in [5.41, 5.74) is 6.02. The molecule has 1 unspecified atom stereocenters. The summed E-state index contributed by atoms with van der Waals surface area (Å²) >= 11 is 0. The van der Waals surface area contributed by atoms with Crippen LogP contribution in [0.5, 0.6) is 5.75 Å². The maximum atomic E-state index is 11.3. The third-order valence-electron chi connectivity index (χ3n) is 2.91. The fourth-order valence-corrected chi connectivity index (χ4v) is 1.91. The van der Waals surface area contributed by atoms with Crippen LogP contribution in [0.3, 0.4) is 0 Å². The second kappa shape index (κ2) is 7.58. The van der Waals surface area contributed by atoms with Crippen LogP contribution in [0, 0.1) is 17.0 Å². The zero-order valence-corrected chi connectivity index (χ0v) is 12.5. The lowest BCUT2D eigenvalue weighted by Crippen LogP contribution is -2.45. The van der Waals surface area contributed by atoms with Gasteiger partial charge in [0.15, 0.2) is 0 Å². The first kappa shape index (κ1) is 16.9. The molecule has 0 aromatic heterocycles. The van der Waals surface area contributed by atoms with E-state index < -0.39 is 16.9 Å². The van der Waals surface area contributed by atoms with Crippen molar-refractivity contribution in [3.05, 3.63) is 33.9 Å². The number of carbonyl (C=O) groups excluding carboxylic acids is 1. The van der Waals surface area contributed by atoms with Gasteiger partial charge in [-0.05, 0) is 18.6 Å². The van der Waals surface area contributed by atoms with E-state index in [1.165, 1.54) is 12.1 Å². The second-order valence-corrected chi connectivity index (χ2v) is 5.12. The van der Waals surface area contributed by atoms with Crippen LogP contribution in [0.15, 0.2) is 18.2 Å². The quantitative estimate of drug-likeness (QED) is 0.558. The van der Waals surface area contributed by atoms with E-state index in [4.69, 9.17) is 10.5 Å². The molecule has 1 amide bonds. The Hall–Kier alpha value is -2.15. The zero-order chi connectivity index (χ0) is 16.0. The van der Waals surface area contributed by atoms with Crippen molar-refractivity contribution in [2.24, 2.45) is 5.73 Å². The van der Waals surface area contributed by atoms with Gasteiger partial charge in [0.1, 0.15) is 5.75 Å². The molecule has 0 aliphatic rings. The summed E-state index contributed by atoms with van der Waals surface area (Å²) in [6.07, 6.45) is 0.434. The fourth-order valence-electron chi connectivity index (χ4n) is 1.91. The van der Waals surface area contributed by atoms with Crippen LogP contribution in [-0.2, 0) is 4.79 Å². The normalized spacial score (nSPS) is 12.2. The average Bonchev–Trinajstić information content (AvgIpc) is 2.38. The first-order chi connectivity index (χ1) is 9.81. The van der Waals surface area contributed by atoms with Gasteiger partial charge in [-0.15, -0.1) is 0 Å². The molecule has 0 saturated heterocycles. The molecule has 1 aromatic carbocycles. The maximum Gasteiger partial charge on any atom is 0.269 e. The molecular weight excluding hydrogens is 274 g/mol. The number of nitro groups is 1. The summed E-state index contributed by atoms with van der Waals surface area (Å²) in [6, 6.07) is 4.09. The van der Waals surface area contributed by atoms with Gasteiger partial charge in [-0.25, -0.2) is 0 Å². The highest BCUT2D eigenvalue weighted by atomic mass is 16.6. The van der Waals surface area contributed by atoms with Crippen LogP contribution in [-0.4, -0.2) is 29.5 Å².